The summed E-state index contributed by atoms with van der Waals surface area (Å²) in [5.74, 6) is 5.99. The minimum Gasteiger partial charge on any atom is -0.414 e. The van der Waals surface area contributed by atoms with Gasteiger partial charge in [0.15, 0.2) is 13.9 Å². The zero-order valence-corrected chi connectivity index (χ0v) is 12.6. The largest absolute Gasteiger partial charge is 0.414 e. The Morgan fingerprint density at radius 3 is 2.38 bits per heavy atom. The molecule has 0 bridgehead atoms. The lowest BCUT2D eigenvalue weighted by Crippen LogP contribution is -2.42. The Kier molecular flexibility index (Phi) is 3.59. The highest BCUT2D eigenvalue weighted by Crippen LogP contribution is 2.40. The van der Waals surface area contributed by atoms with Crippen LogP contribution in [0.5, 0.6) is 0 Å². The molecule has 0 saturated carbocycles. The summed E-state index contributed by atoms with van der Waals surface area (Å²) in [6.07, 6.45) is 0.161. The van der Waals surface area contributed by atoms with Crippen molar-refractivity contribution in [3.05, 3.63) is 0 Å². The Labute approximate surface area is 101 Å². The quantitative estimate of drug-likeness (QED) is 0.429. The molecule has 16 heavy (non-hydrogen) atoms. The van der Waals surface area contributed by atoms with E-state index < -0.39 is 8.32 Å². The Hall–Kier alpha value is -0.303. The normalized spacial score (nSPS) is 29.6. The van der Waals surface area contributed by atoms with Gasteiger partial charge in [-0.25, -0.2) is 0 Å². The maximum atomic E-state index is 6.11. The standard InChI is InChI=1S/C13H24O2Si/c1-8-9-13(5)11(15-13)10-14-16(6,7)12(2,3)4/h11H,10H2,1-7H3/t11-,13-/m0/s1. The second-order valence-electron chi connectivity index (χ2n) is 6.16. The molecule has 2 nitrogen and oxygen atoms in total. The lowest BCUT2D eigenvalue weighted by Gasteiger charge is -2.36. The molecule has 1 saturated heterocycles. The van der Waals surface area contributed by atoms with Crippen LogP contribution in [0.25, 0.3) is 0 Å². The van der Waals surface area contributed by atoms with E-state index in [9.17, 15) is 0 Å². The fourth-order valence-corrected chi connectivity index (χ4v) is 2.31. The molecule has 2 atom stereocenters. The Morgan fingerprint density at radius 1 is 1.38 bits per heavy atom. The van der Waals surface area contributed by atoms with E-state index in [-0.39, 0.29) is 16.7 Å². The first-order valence-electron chi connectivity index (χ1n) is 5.88. The minimum absolute atomic E-state index is 0.161. The summed E-state index contributed by atoms with van der Waals surface area (Å²) in [5.41, 5.74) is -0.253. The summed E-state index contributed by atoms with van der Waals surface area (Å²) in [4.78, 5) is 0. The van der Waals surface area contributed by atoms with Gasteiger partial charge >= 0.3 is 0 Å². The van der Waals surface area contributed by atoms with E-state index in [4.69, 9.17) is 9.16 Å². The van der Waals surface area contributed by atoms with Crippen molar-refractivity contribution in [2.75, 3.05) is 6.61 Å². The van der Waals surface area contributed by atoms with Crippen molar-refractivity contribution in [3.63, 3.8) is 0 Å². The molecule has 1 aliphatic rings. The summed E-state index contributed by atoms with van der Waals surface area (Å²) in [5, 5.41) is 0.259. The van der Waals surface area contributed by atoms with Crippen LogP contribution in [-0.4, -0.2) is 26.6 Å². The molecular weight excluding hydrogens is 216 g/mol. The van der Waals surface area contributed by atoms with Gasteiger partial charge in [0.1, 0.15) is 6.10 Å². The number of rotatable bonds is 3. The molecule has 0 unspecified atom stereocenters. The zero-order valence-electron chi connectivity index (χ0n) is 11.6. The fourth-order valence-electron chi connectivity index (χ4n) is 1.31. The van der Waals surface area contributed by atoms with Crippen LogP contribution in [-0.2, 0) is 9.16 Å². The second kappa shape index (κ2) is 4.18. The molecule has 0 amide bonds. The third-order valence-corrected chi connectivity index (χ3v) is 8.22. The molecule has 0 aromatic heterocycles. The Bertz CT molecular complexity index is 319. The molecule has 0 aromatic carbocycles. The van der Waals surface area contributed by atoms with Gasteiger partial charge in [-0.15, -0.1) is 5.92 Å². The zero-order chi connectivity index (χ0) is 12.6. The predicted molar refractivity (Wildman–Crippen MR) is 69.9 cm³/mol. The van der Waals surface area contributed by atoms with E-state index in [0.717, 1.165) is 0 Å². The van der Waals surface area contributed by atoms with Crippen molar-refractivity contribution in [1.29, 1.82) is 0 Å². The van der Waals surface area contributed by atoms with E-state index >= 15 is 0 Å². The lowest BCUT2D eigenvalue weighted by molar-refractivity contribution is 0.240. The van der Waals surface area contributed by atoms with Crippen LogP contribution in [0.1, 0.15) is 34.6 Å². The van der Waals surface area contributed by atoms with Crippen LogP contribution < -0.4 is 0 Å². The van der Waals surface area contributed by atoms with Crippen LogP contribution in [0.3, 0.4) is 0 Å². The van der Waals surface area contributed by atoms with Crippen molar-refractivity contribution in [2.24, 2.45) is 0 Å². The van der Waals surface area contributed by atoms with Gasteiger partial charge in [-0.1, -0.05) is 26.7 Å². The van der Waals surface area contributed by atoms with E-state index in [1.54, 1.807) is 0 Å². The molecule has 3 heteroatoms. The molecule has 0 aromatic rings. The van der Waals surface area contributed by atoms with E-state index in [1.807, 2.05) is 13.8 Å². The minimum atomic E-state index is -1.64. The molecule has 0 spiro atoms. The van der Waals surface area contributed by atoms with Crippen LogP contribution in [0.2, 0.25) is 18.1 Å². The SMILES string of the molecule is CC#C[C@]1(C)O[C@H]1CO[Si](C)(C)C(C)(C)C. The van der Waals surface area contributed by atoms with Gasteiger partial charge in [0.05, 0.1) is 6.61 Å². The first-order chi connectivity index (χ1) is 7.12. The Morgan fingerprint density at radius 2 is 1.94 bits per heavy atom. The maximum absolute atomic E-state index is 6.11. The van der Waals surface area contributed by atoms with Crippen molar-refractivity contribution in [3.8, 4) is 11.8 Å². The topological polar surface area (TPSA) is 21.8 Å². The highest BCUT2D eigenvalue weighted by molar-refractivity contribution is 6.74. The van der Waals surface area contributed by atoms with Crippen LogP contribution in [0, 0.1) is 11.8 Å². The third kappa shape index (κ3) is 2.88. The van der Waals surface area contributed by atoms with Crippen molar-refractivity contribution >= 4 is 8.32 Å². The van der Waals surface area contributed by atoms with E-state index in [1.165, 1.54) is 0 Å². The molecule has 1 heterocycles. The first-order valence-corrected chi connectivity index (χ1v) is 8.79. The average Bonchev–Trinajstić information content (AvgIpc) is 2.72. The number of epoxide rings is 1. The summed E-state index contributed by atoms with van der Waals surface area (Å²) in [7, 11) is -1.64. The van der Waals surface area contributed by atoms with E-state index in [2.05, 4.69) is 45.7 Å². The summed E-state index contributed by atoms with van der Waals surface area (Å²) < 4.78 is 11.7. The number of hydrogen-bond acceptors (Lipinski definition) is 2. The van der Waals surface area contributed by atoms with E-state index in [0.29, 0.717) is 6.61 Å². The van der Waals surface area contributed by atoms with Crippen molar-refractivity contribution in [1.82, 2.24) is 0 Å². The molecule has 1 rings (SSSR count). The van der Waals surface area contributed by atoms with Gasteiger partial charge in [-0.3, -0.25) is 0 Å². The van der Waals surface area contributed by atoms with Gasteiger partial charge in [0.25, 0.3) is 0 Å². The average molecular weight is 240 g/mol. The van der Waals surface area contributed by atoms with Crippen molar-refractivity contribution in [2.45, 2.75) is 64.5 Å². The number of ether oxygens (including phenoxy) is 1. The lowest BCUT2D eigenvalue weighted by atomic mass is 10.1. The van der Waals surface area contributed by atoms with Gasteiger partial charge in [-0.05, 0) is 32.0 Å². The fraction of sp³-hybridized carbons (Fsp3) is 0.846. The van der Waals surface area contributed by atoms with Gasteiger partial charge < -0.3 is 9.16 Å². The van der Waals surface area contributed by atoms with Gasteiger partial charge in [0.2, 0.25) is 0 Å². The van der Waals surface area contributed by atoms with Gasteiger partial charge in [0, 0.05) is 0 Å². The predicted octanol–water partition coefficient (Wildman–Crippen LogP) is 3.19. The smallest absolute Gasteiger partial charge is 0.192 e. The highest BCUT2D eigenvalue weighted by atomic mass is 28.4. The monoisotopic (exact) mass is 240 g/mol. The molecule has 1 aliphatic heterocycles. The maximum Gasteiger partial charge on any atom is 0.192 e. The van der Waals surface area contributed by atoms with Crippen molar-refractivity contribution < 1.29 is 9.16 Å². The molecule has 0 aliphatic carbocycles. The molecule has 1 fully saturated rings. The van der Waals surface area contributed by atoms with Crippen LogP contribution >= 0.6 is 0 Å². The summed E-state index contributed by atoms with van der Waals surface area (Å²) in [6, 6.07) is 0. The number of hydrogen-bond donors (Lipinski definition) is 0. The third-order valence-electron chi connectivity index (χ3n) is 3.72. The summed E-state index contributed by atoms with van der Waals surface area (Å²) in [6.45, 7) is 15.8. The van der Waals surface area contributed by atoms with Crippen LogP contribution in [0.4, 0.5) is 0 Å². The first kappa shape index (κ1) is 13.8. The molecule has 0 radical (unpaired) electrons. The van der Waals surface area contributed by atoms with Gasteiger partial charge in [-0.2, -0.15) is 0 Å². The molecule has 0 N–H and O–H groups in total. The molecule has 92 valence electrons. The Balaban J connectivity index is 2.46. The molecular formula is C13H24O2Si. The highest BCUT2D eigenvalue weighted by Gasteiger charge is 2.52. The second-order valence-corrected chi connectivity index (χ2v) is 11.0. The van der Waals surface area contributed by atoms with Crippen LogP contribution in [0.15, 0.2) is 0 Å². The summed E-state index contributed by atoms with van der Waals surface area (Å²) >= 11 is 0.